The van der Waals surface area contributed by atoms with E-state index in [2.05, 4.69) is 18.2 Å². The summed E-state index contributed by atoms with van der Waals surface area (Å²) in [5, 5.41) is 3.55. The molecule has 4 rings (SSSR count). The van der Waals surface area contributed by atoms with Crippen molar-refractivity contribution in [2.75, 3.05) is 0 Å². The van der Waals surface area contributed by atoms with Gasteiger partial charge in [0.05, 0.1) is 6.04 Å². The van der Waals surface area contributed by atoms with Crippen molar-refractivity contribution in [3.05, 3.63) is 47.6 Å². The maximum atomic E-state index is 13.6. The fraction of sp³-hybridized carbons (Fsp3) is 0.565. The quantitative estimate of drug-likeness (QED) is 0.724. The van der Waals surface area contributed by atoms with E-state index in [-0.39, 0.29) is 23.8 Å². The maximum absolute atomic E-state index is 13.6. The highest BCUT2D eigenvalue weighted by Gasteiger charge is 2.57. The van der Waals surface area contributed by atoms with Gasteiger partial charge in [-0.1, -0.05) is 68.6 Å². The molecule has 0 aromatic rings. The van der Waals surface area contributed by atoms with Gasteiger partial charge >= 0.3 is 0 Å². The van der Waals surface area contributed by atoms with E-state index in [0.717, 1.165) is 43.3 Å². The lowest BCUT2D eigenvalue weighted by Gasteiger charge is -2.58. The molecule has 1 saturated heterocycles. The van der Waals surface area contributed by atoms with Crippen molar-refractivity contribution in [1.82, 2.24) is 10.0 Å². The lowest BCUT2D eigenvalue weighted by Crippen LogP contribution is -2.78. The summed E-state index contributed by atoms with van der Waals surface area (Å²) in [5.74, 6) is 0.328. The summed E-state index contributed by atoms with van der Waals surface area (Å²) in [5.41, 5.74) is 1.06. The van der Waals surface area contributed by atoms with E-state index in [1.807, 2.05) is 32.1 Å². The Morgan fingerprint density at radius 1 is 1.04 bits per heavy atom. The van der Waals surface area contributed by atoms with Crippen LogP contribution in [0, 0.1) is 5.92 Å². The number of nitrogens with zero attached hydrogens (tertiary/aromatic N) is 2. The van der Waals surface area contributed by atoms with Gasteiger partial charge in [-0.25, -0.2) is 10.0 Å². The molecule has 0 bridgehead atoms. The van der Waals surface area contributed by atoms with Crippen LogP contribution >= 0.6 is 0 Å². The fourth-order valence-corrected chi connectivity index (χ4v) is 4.86. The molecule has 4 heteroatoms. The minimum Gasteiger partial charge on any atom is -0.270 e. The third-order valence-corrected chi connectivity index (χ3v) is 6.44. The Labute approximate surface area is 162 Å². The molecule has 0 radical (unpaired) electrons. The van der Waals surface area contributed by atoms with Gasteiger partial charge in [0.2, 0.25) is 0 Å². The average Bonchev–Trinajstić information content (AvgIpc) is 2.65. The number of hydrazine groups is 1. The first kappa shape index (κ1) is 18.3. The molecule has 4 aliphatic rings. The summed E-state index contributed by atoms with van der Waals surface area (Å²) in [4.78, 5) is 26.5. The van der Waals surface area contributed by atoms with Crippen LogP contribution in [0.25, 0.3) is 0 Å². The minimum absolute atomic E-state index is 0.0300. The fourth-order valence-electron chi connectivity index (χ4n) is 4.86. The Bertz CT molecular complexity index is 748. The smallest absolute Gasteiger partial charge is 0.270 e. The Kier molecular flexibility index (Phi) is 4.83. The first-order valence-corrected chi connectivity index (χ1v) is 10.5. The van der Waals surface area contributed by atoms with E-state index in [9.17, 15) is 9.59 Å². The number of amides is 2. The molecule has 4 nitrogen and oxygen atoms in total. The molecule has 0 aromatic carbocycles. The molecule has 1 saturated carbocycles. The molecule has 1 atom stereocenters. The monoisotopic (exact) mass is 366 g/mol. The van der Waals surface area contributed by atoms with E-state index in [1.54, 1.807) is 10.0 Å². The molecule has 0 N–H and O–H groups in total. The van der Waals surface area contributed by atoms with Gasteiger partial charge < -0.3 is 0 Å². The van der Waals surface area contributed by atoms with Crippen molar-refractivity contribution >= 4 is 11.8 Å². The molecule has 27 heavy (non-hydrogen) atoms. The average molecular weight is 367 g/mol. The first-order chi connectivity index (χ1) is 13.0. The van der Waals surface area contributed by atoms with Crippen molar-refractivity contribution in [2.45, 2.75) is 76.8 Å². The molecule has 0 aromatic heterocycles. The Morgan fingerprint density at radius 3 is 2.48 bits per heavy atom. The first-order valence-electron chi connectivity index (χ1n) is 10.5. The lowest BCUT2D eigenvalue weighted by atomic mass is 9.83. The van der Waals surface area contributed by atoms with Gasteiger partial charge in [0, 0.05) is 11.5 Å². The Morgan fingerprint density at radius 2 is 1.74 bits per heavy atom. The van der Waals surface area contributed by atoms with Gasteiger partial charge in [0.1, 0.15) is 5.54 Å². The van der Waals surface area contributed by atoms with Crippen LogP contribution in [0.15, 0.2) is 47.6 Å². The van der Waals surface area contributed by atoms with Crippen molar-refractivity contribution in [1.29, 1.82) is 0 Å². The van der Waals surface area contributed by atoms with Crippen LogP contribution in [-0.4, -0.2) is 33.4 Å². The van der Waals surface area contributed by atoms with E-state index >= 15 is 0 Å². The van der Waals surface area contributed by atoms with Crippen LogP contribution in [0.2, 0.25) is 0 Å². The highest BCUT2D eigenvalue weighted by Crippen LogP contribution is 2.40. The number of hydrogen-bond acceptors (Lipinski definition) is 2. The highest BCUT2D eigenvalue weighted by molar-refractivity contribution is 6.06. The Balaban J connectivity index is 1.63. The third-order valence-electron chi connectivity index (χ3n) is 6.44. The van der Waals surface area contributed by atoms with E-state index in [4.69, 9.17) is 0 Å². The third kappa shape index (κ3) is 3.09. The maximum Gasteiger partial charge on any atom is 0.273 e. The van der Waals surface area contributed by atoms with Crippen LogP contribution in [0.5, 0.6) is 0 Å². The largest absolute Gasteiger partial charge is 0.273 e. The summed E-state index contributed by atoms with van der Waals surface area (Å²) in [6.07, 6.45) is 21.2. The molecule has 1 unspecified atom stereocenters. The van der Waals surface area contributed by atoms with Gasteiger partial charge in [-0.2, -0.15) is 0 Å². The van der Waals surface area contributed by atoms with Gasteiger partial charge in [-0.3, -0.25) is 9.59 Å². The van der Waals surface area contributed by atoms with Crippen molar-refractivity contribution < 1.29 is 9.59 Å². The van der Waals surface area contributed by atoms with Crippen LogP contribution in [0.1, 0.15) is 65.2 Å². The van der Waals surface area contributed by atoms with E-state index in [0.29, 0.717) is 0 Å². The van der Waals surface area contributed by atoms with Gasteiger partial charge in [0.25, 0.3) is 11.8 Å². The highest BCUT2D eigenvalue weighted by atomic mass is 16.2. The topological polar surface area (TPSA) is 40.6 Å². The molecule has 1 aliphatic heterocycles. The normalized spacial score (nSPS) is 27.9. The zero-order chi connectivity index (χ0) is 19.0. The lowest BCUT2D eigenvalue weighted by molar-refractivity contribution is -0.224. The van der Waals surface area contributed by atoms with Crippen LogP contribution in [0.4, 0.5) is 0 Å². The molecular weight excluding hydrogens is 336 g/mol. The summed E-state index contributed by atoms with van der Waals surface area (Å²) < 4.78 is 0. The minimum atomic E-state index is -0.762. The van der Waals surface area contributed by atoms with Gasteiger partial charge in [-0.15, -0.1) is 0 Å². The molecule has 2 fully saturated rings. The molecule has 2 amide bonds. The van der Waals surface area contributed by atoms with Crippen LogP contribution in [-0.2, 0) is 9.59 Å². The van der Waals surface area contributed by atoms with Gasteiger partial charge in [0.15, 0.2) is 0 Å². The van der Waals surface area contributed by atoms with E-state index < -0.39 is 5.54 Å². The van der Waals surface area contributed by atoms with Crippen molar-refractivity contribution in [3.8, 4) is 0 Å². The predicted octanol–water partition coefficient (Wildman–Crippen LogP) is 4.46. The number of allylic oxidation sites excluding steroid dienone is 6. The van der Waals surface area contributed by atoms with Crippen LogP contribution in [0.3, 0.4) is 0 Å². The Hall–Kier alpha value is -2.10. The zero-order valence-electron chi connectivity index (χ0n) is 16.5. The second-order valence-corrected chi connectivity index (χ2v) is 8.68. The summed E-state index contributed by atoms with van der Waals surface area (Å²) >= 11 is 0. The molecule has 1 heterocycles. The van der Waals surface area contributed by atoms with E-state index in [1.165, 1.54) is 19.3 Å². The number of carbonyl (C=O) groups is 2. The number of hydrogen-bond donors (Lipinski definition) is 0. The molecular formula is C23H30N2O2. The zero-order valence-corrected chi connectivity index (χ0v) is 16.5. The number of carbonyl (C=O) groups excluding carboxylic acids is 2. The molecule has 3 aliphatic carbocycles. The number of rotatable bonds is 2. The predicted molar refractivity (Wildman–Crippen MR) is 106 cm³/mol. The SMILES string of the molecule is CC1(C)C(=O)N(C2CCCCCCC2)N1C(=O)C1=C2C=CC=CC2CC=C1. The standard InChI is InChI=1S/C23H30N2O2/c1-23(2)22(27)24(18-13-6-4-3-5-7-14-18)25(23)21(26)20-16-10-12-17-11-8-9-15-19(17)20/h8-11,15-18H,3-7,12-14H2,1-2H3. The van der Waals surface area contributed by atoms with Crippen molar-refractivity contribution in [2.24, 2.45) is 5.92 Å². The molecule has 0 spiro atoms. The second kappa shape index (κ2) is 7.14. The van der Waals surface area contributed by atoms with Gasteiger partial charge in [-0.05, 0) is 38.7 Å². The van der Waals surface area contributed by atoms with Crippen molar-refractivity contribution in [3.63, 3.8) is 0 Å². The summed E-state index contributed by atoms with van der Waals surface area (Å²) in [7, 11) is 0. The van der Waals surface area contributed by atoms with Crippen LogP contribution < -0.4 is 0 Å². The molecule has 144 valence electrons. The second-order valence-electron chi connectivity index (χ2n) is 8.68. The summed E-state index contributed by atoms with van der Waals surface area (Å²) in [6.45, 7) is 3.75. The number of fused-ring (bicyclic) bond motifs is 1. The summed E-state index contributed by atoms with van der Waals surface area (Å²) in [6, 6.07) is 0.158.